The highest BCUT2D eigenvalue weighted by Gasteiger charge is 2.35. The monoisotopic (exact) mass is 254 g/mol. The summed E-state index contributed by atoms with van der Waals surface area (Å²) in [6.45, 7) is 17.8. The van der Waals surface area contributed by atoms with E-state index in [1.165, 1.54) is 32.4 Å². The van der Waals surface area contributed by atoms with Crippen molar-refractivity contribution in [2.24, 2.45) is 11.3 Å². The summed E-state index contributed by atoms with van der Waals surface area (Å²) in [6.07, 6.45) is 3.91. The van der Waals surface area contributed by atoms with Crippen molar-refractivity contribution in [1.29, 1.82) is 0 Å². The van der Waals surface area contributed by atoms with Gasteiger partial charge >= 0.3 is 0 Å². The first kappa shape index (κ1) is 16.0. The summed E-state index contributed by atoms with van der Waals surface area (Å²) >= 11 is 0. The number of piperazine rings is 1. The van der Waals surface area contributed by atoms with Crippen LogP contribution >= 0.6 is 0 Å². The molecule has 1 fully saturated rings. The van der Waals surface area contributed by atoms with Gasteiger partial charge in [0.25, 0.3) is 0 Å². The molecule has 0 amide bonds. The summed E-state index contributed by atoms with van der Waals surface area (Å²) in [5.41, 5.74) is 0.373. The second-order valence-corrected chi connectivity index (χ2v) is 7.24. The predicted molar refractivity (Wildman–Crippen MR) is 81.0 cm³/mol. The van der Waals surface area contributed by atoms with Crippen LogP contribution in [0.4, 0.5) is 0 Å². The van der Waals surface area contributed by atoms with E-state index < -0.39 is 0 Å². The second-order valence-electron chi connectivity index (χ2n) is 7.24. The van der Waals surface area contributed by atoms with E-state index in [4.69, 9.17) is 0 Å². The van der Waals surface area contributed by atoms with E-state index in [2.05, 4.69) is 51.8 Å². The normalized spacial score (nSPS) is 28.3. The van der Waals surface area contributed by atoms with Crippen LogP contribution in [0.15, 0.2) is 0 Å². The number of nitrogens with one attached hydrogen (secondary N) is 1. The van der Waals surface area contributed by atoms with Crippen LogP contribution in [0.25, 0.3) is 0 Å². The molecule has 3 unspecified atom stereocenters. The van der Waals surface area contributed by atoms with Crippen molar-refractivity contribution in [3.63, 3.8) is 0 Å². The summed E-state index contributed by atoms with van der Waals surface area (Å²) in [5.74, 6) is 0.829. The third kappa shape index (κ3) is 4.55. The van der Waals surface area contributed by atoms with Gasteiger partial charge in [-0.3, -0.25) is 4.90 Å². The van der Waals surface area contributed by atoms with Gasteiger partial charge in [0.2, 0.25) is 0 Å². The van der Waals surface area contributed by atoms with Crippen LogP contribution in [-0.4, -0.2) is 36.6 Å². The smallest absolute Gasteiger partial charge is 0.0269 e. The minimum absolute atomic E-state index is 0.373. The molecule has 0 spiro atoms. The Morgan fingerprint density at radius 3 is 2.44 bits per heavy atom. The van der Waals surface area contributed by atoms with Crippen LogP contribution in [0, 0.1) is 11.3 Å². The molecule has 108 valence electrons. The van der Waals surface area contributed by atoms with Crippen molar-refractivity contribution in [3.8, 4) is 0 Å². The van der Waals surface area contributed by atoms with Gasteiger partial charge in [0.1, 0.15) is 0 Å². The molecule has 1 aliphatic rings. The minimum Gasteiger partial charge on any atom is -0.311 e. The largest absolute Gasteiger partial charge is 0.311 e. The average Bonchev–Trinajstić information content (AvgIpc) is 2.27. The molecule has 2 heteroatoms. The Morgan fingerprint density at radius 1 is 1.28 bits per heavy atom. The molecule has 0 aliphatic carbocycles. The first-order valence-electron chi connectivity index (χ1n) is 7.85. The molecule has 1 heterocycles. The molecule has 0 aromatic rings. The Balaban J connectivity index is 2.65. The lowest BCUT2D eigenvalue weighted by Gasteiger charge is -2.47. The topological polar surface area (TPSA) is 15.3 Å². The zero-order chi connectivity index (χ0) is 13.8. The molecule has 18 heavy (non-hydrogen) atoms. The van der Waals surface area contributed by atoms with Crippen molar-refractivity contribution in [1.82, 2.24) is 10.2 Å². The fourth-order valence-corrected chi connectivity index (χ4v) is 3.20. The first-order chi connectivity index (χ1) is 8.38. The highest BCUT2D eigenvalue weighted by atomic mass is 15.2. The molecule has 1 saturated heterocycles. The van der Waals surface area contributed by atoms with Gasteiger partial charge in [-0.1, -0.05) is 48.0 Å². The Kier molecular flexibility index (Phi) is 6.13. The average molecular weight is 254 g/mol. The molecule has 0 bridgehead atoms. The van der Waals surface area contributed by atoms with Gasteiger partial charge < -0.3 is 5.32 Å². The number of nitrogens with zero attached hydrogens (tertiary/aromatic N) is 1. The minimum atomic E-state index is 0.373. The van der Waals surface area contributed by atoms with E-state index >= 15 is 0 Å². The Bertz CT molecular complexity index is 232. The van der Waals surface area contributed by atoms with Crippen molar-refractivity contribution in [3.05, 3.63) is 0 Å². The van der Waals surface area contributed by atoms with Gasteiger partial charge in [0.05, 0.1) is 0 Å². The molecule has 0 saturated carbocycles. The molecule has 3 atom stereocenters. The summed E-state index contributed by atoms with van der Waals surface area (Å²) in [4.78, 5) is 2.75. The van der Waals surface area contributed by atoms with Crippen LogP contribution in [0.2, 0.25) is 0 Å². The molecule has 0 radical (unpaired) electrons. The van der Waals surface area contributed by atoms with Crippen LogP contribution in [0.1, 0.15) is 60.8 Å². The van der Waals surface area contributed by atoms with E-state index in [0.29, 0.717) is 17.5 Å². The quantitative estimate of drug-likeness (QED) is 0.807. The van der Waals surface area contributed by atoms with E-state index in [1.807, 2.05) is 0 Å². The number of hydrogen-bond donors (Lipinski definition) is 1. The van der Waals surface area contributed by atoms with Gasteiger partial charge in [-0.15, -0.1) is 0 Å². The molecule has 0 aromatic carbocycles. The molecular formula is C16H34N2. The summed E-state index contributed by atoms with van der Waals surface area (Å²) in [7, 11) is 0. The lowest BCUT2D eigenvalue weighted by atomic mass is 9.83. The lowest BCUT2D eigenvalue weighted by molar-refractivity contribution is 0.0430. The zero-order valence-corrected chi connectivity index (χ0v) is 13.4. The highest BCUT2D eigenvalue weighted by Crippen LogP contribution is 2.28. The predicted octanol–water partition coefficient (Wildman–Crippen LogP) is 3.52. The highest BCUT2D eigenvalue weighted by molar-refractivity contribution is 4.92. The Labute approximate surface area is 115 Å². The third-order valence-electron chi connectivity index (χ3n) is 4.32. The van der Waals surface area contributed by atoms with Gasteiger partial charge in [-0.25, -0.2) is 0 Å². The molecule has 1 N–H and O–H groups in total. The summed E-state index contributed by atoms with van der Waals surface area (Å²) in [5, 5.41) is 3.72. The molecule has 1 aliphatic heterocycles. The number of hydrogen-bond acceptors (Lipinski definition) is 2. The lowest BCUT2D eigenvalue weighted by Crippen LogP contribution is -2.61. The van der Waals surface area contributed by atoms with E-state index in [9.17, 15) is 0 Å². The maximum atomic E-state index is 3.72. The van der Waals surface area contributed by atoms with Crippen molar-refractivity contribution in [2.45, 2.75) is 72.9 Å². The Hall–Kier alpha value is -0.0800. The van der Waals surface area contributed by atoms with E-state index in [0.717, 1.165) is 12.5 Å². The fraction of sp³-hybridized carbons (Fsp3) is 1.00. The van der Waals surface area contributed by atoms with Gasteiger partial charge in [0.15, 0.2) is 0 Å². The molecular weight excluding hydrogens is 220 g/mol. The van der Waals surface area contributed by atoms with Crippen molar-refractivity contribution in [2.75, 3.05) is 19.6 Å². The zero-order valence-electron chi connectivity index (χ0n) is 13.4. The molecule has 1 rings (SSSR count). The molecule has 2 nitrogen and oxygen atoms in total. The SMILES string of the molecule is CCCC(C)CN1CC(CC)NCC1C(C)(C)C. The third-order valence-corrected chi connectivity index (χ3v) is 4.32. The Morgan fingerprint density at radius 2 is 1.94 bits per heavy atom. The van der Waals surface area contributed by atoms with Crippen LogP contribution in [0.3, 0.4) is 0 Å². The van der Waals surface area contributed by atoms with E-state index in [-0.39, 0.29) is 0 Å². The van der Waals surface area contributed by atoms with Crippen LogP contribution in [0.5, 0.6) is 0 Å². The van der Waals surface area contributed by atoms with Gasteiger partial charge in [0, 0.05) is 31.7 Å². The first-order valence-corrected chi connectivity index (χ1v) is 7.85. The van der Waals surface area contributed by atoms with Gasteiger partial charge in [-0.2, -0.15) is 0 Å². The summed E-state index contributed by atoms with van der Waals surface area (Å²) < 4.78 is 0. The van der Waals surface area contributed by atoms with Crippen molar-refractivity contribution < 1.29 is 0 Å². The van der Waals surface area contributed by atoms with Crippen LogP contribution in [-0.2, 0) is 0 Å². The van der Waals surface area contributed by atoms with Crippen molar-refractivity contribution >= 4 is 0 Å². The van der Waals surface area contributed by atoms with E-state index in [1.54, 1.807) is 0 Å². The maximum Gasteiger partial charge on any atom is 0.0269 e. The fourth-order valence-electron chi connectivity index (χ4n) is 3.20. The second kappa shape index (κ2) is 6.91. The van der Waals surface area contributed by atoms with Gasteiger partial charge in [-0.05, 0) is 24.2 Å². The summed E-state index contributed by atoms with van der Waals surface area (Å²) in [6, 6.07) is 1.37. The maximum absolute atomic E-state index is 3.72. The molecule has 0 aromatic heterocycles. The number of rotatable bonds is 5. The standard InChI is InChI=1S/C16H34N2/c1-7-9-13(3)11-18-12-14(8-2)17-10-15(18)16(4,5)6/h13-15,17H,7-12H2,1-6H3. The van der Waals surface area contributed by atoms with Crippen LogP contribution < -0.4 is 5.32 Å².